The summed E-state index contributed by atoms with van der Waals surface area (Å²) in [7, 11) is 1.32. The number of carbonyl (C=O) groups is 2. The van der Waals surface area contributed by atoms with Crippen molar-refractivity contribution < 1.29 is 38.7 Å². The molecule has 1 saturated heterocycles. The summed E-state index contributed by atoms with van der Waals surface area (Å²) in [6.45, 7) is -0.542. The van der Waals surface area contributed by atoms with E-state index >= 15 is 0 Å². The van der Waals surface area contributed by atoms with Crippen LogP contribution < -0.4 is 0 Å². The number of aliphatic hydroxyl groups is 2. The number of hydrogen-bond donors (Lipinski definition) is 2. The molecule has 154 valence electrons. The molecule has 0 saturated carbocycles. The van der Waals surface area contributed by atoms with E-state index in [2.05, 4.69) is 0 Å². The summed E-state index contributed by atoms with van der Waals surface area (Å²) >= 11 is 0. The first kappa shape index (κ1) is 20.9. The minimum absolute atomic E-state index is 0.258. The summed E-state index contributed by atoms with van der Waals surface area (Å²) in [6.07, 6.45) is -6.24. The molecule has 8 heteroatoms. The van der Waals surface area contributed by atoms with Crippen molar-refractivity contribution >= 4 is 11.9 Å². The predicted octanol–water partition coefficient (Wildman–Crippen LogP) is 1.16. The van der Waals surface area contributed by atoms with Gasteiger partial charge in [0.25, 0.3) is 0 Å². The highest BCUT2D eigenvalue weighted by molar-refractivity contribution is 5.90. The average molecular weight is 402 g/mol. The van der Waals surface area contributed by atoms with Crippen molar-refractivity contribution in [3.05, 3.63) is 71.8 Å². The molecule has 2 N–H and O–H groups in total. The van der Waals surface area contributed by atoms with Crippen molar-refractivity contribution in [2.75, 3.05) is 13.7 Å². The van der Waals surface area contributed by atoms with Crippen LogP contribution in [-0.2, 0) is 18.9 Å². The van der Waals surface area contributed by atoms with Gasteiger partial charge in [-0.25, -0.2) is 9.59 Å². The topological polar surface area (TPSA) is 112 Å². The summed E-state index contributed by atoms with van der Waals surface area (Å²) in [4.78, 5) is 25.1. The molecule has 0 aromatic heterocycles. The number of rotatable bonds is 6. The lowest BCUT2D eigenvalue weighted by molar-refractivity contribution is -0.292. The van der Waals surface area contributed by atoms with Crippen LogP contribution in [0.15, 0.2) is 60.7 Å². The van der Waals surface area contributed by atoms with Gasteiger partial charge in [-0.1, -0.05) is 36.4 Å². The molecular weight excluding hydrogens is 380 g/mol. The molecule has 8 nitrogen and oxygen atoms in total. The van der Waals surface area contributed by atoms with E-state index in [0.717, 1.165) is 0 Å². The van der Waals surface area contributed by atoms with Crippen LogP contribution in [0.1, 0.15) is 20.7 Å². The molecule has 29 heavy (non-hydrogen) atoms. The van der Waals surface area contributed by atoms with E-state index in [1.54, 1.807) is 60.7 Å². The Morgan fingerprint density at radius 2 is 1.38 bits per heavy atom. The van der Waals surface area contributed by atoms with E-state index in [-0.39, 0.29) is 11.1 Å². The van der Waals surface area contributed by atoms with Crippen LogP contribution in [0.25, 0.3) is 0 Å². The van der Waals surface area contributed by atoms with Crippen LogP contribution in [0.3, 0.4) is 0 Å². The summed E-state index contributed by atoms with van der Waals surface area (Å²) < 4.78 is 21.7. The largest absolute Gasteiger partial charge is 0.452 e. The molecule has 0 spiro atoms. The zero-order chi connectivity index (χ0) is 20.8. The molecule has 2 aromatic carbocycles. The smallest absolute Gasteiger partial charge is 0.338 e. The molecule has 1 fully saturated rings. The van der Waals surface area contributed by atoms with Gasteiger partial charge in [0.1, 0.15) is 12.2 Å². The van der Waals surface area contributed by atoms with Crippen LogP contribution in [0.4, 0.5) is 0 Å². The van der Waals surface area contributed by atoms with Crippen LogP contribution in [0.2, 0.25) is 0 Å². The van der Waals surface area contributed by atoms with Gasteiger partial charge in [-0.3, -0.25) is 0 Å². The molecule has 0 aliphatic carbocycles. The van der Waals surface area contributed by atoms with Crippen molar-refractivity contribution in [2.45, 2.75) is 30.7 Å². The van der Waals surface area contributed by atoms with E-state index < -0.39 is 49.3 Å². The Labute approximate surface area is 167 Å². The Morgan fingerprint density at radius 1 is 0.897 bits per heavy atom. The Hall–Kier alpha value is -2.78. The minimum atomic E-state index is -1.44. The first-order valence-electron chi connectivity index (χ1n) is 9.04. The number of hydrogen-bond acceptors (Lipinski definition) is 8. The minimum Gasteiger partial charge on any atom is -0.452 e. The summed E-state index contributed by atoms with van der Waals surface area (Å²) in [6, 6.07) is 16.4. The molecule has 1 aliphatic heterocycles. The lowest BCUT2D eigenvalue weighted by Gasteiger charge is -2.42. The van der Waals surface area contributed by atoms with Gasteiger partial charge in [-0.15, -0.1) is 0 Å². The molecule has 1 heterocycles. The van der Waals surface area contributed by atoms with Crippen molar-refractivity contribution in [3.63, 3.8) is 0 Å². The van der Waals surface area contributed by atoms with Crippen LogP contribution in [0, 0.1) is 0 Å². The highest BCUT2D eigenvalue weighted by atomic mass is 16.7. The number of aliphatic hydroxyl groups excluding tert-OH is 2. The molecule has 2 aromatic rings. The lowest BCUT2D eigenvalue weighted by Crippen LogP contribution is -2.61. The van der Waals surface area contributed by atoms with Gasteiger partial charge < -0.3 is 29.2 Å². The third kappa shape index (κ3) is 4.80. The quantitative estimate of drug-likeness (QED) is 0.693. The predicted molar refractivity (Wildman–Crippen MR) is 100 cm³/mol. The zero-order valence-corrected chi connectivity index (χ0v) is 15.7. The normalized spacial score (nSPS) is 26.5. The van der Waals surface area contributed by atoms with Gasteiger partial charge in [0, 0.05) is 7.11 Å². The second-order valence-corrected chi connectivity index (χ2v) is 6.42. The molecule has 5 atom stereocenters. The number of ether oxygens (including phenoxy) is 4. The van der Waals surface area contributed by atoms with Gasteiger partial charge >= 0.3 is 11.9 Å². The van der Waals surface area contributed by atoms with Gasteiger partial charge in [0.05, 0.1) is 17.7 Å². The SMILES string of the molecule is CO[C@@H]1O[C@H](CO)[C@@H](O)[C@H](OC(=O)c2ccccc2)[C@H]1OC(=O)c1ccccc1. The lowest BCUT2D eigenvalue weighted by atomic mass is 9.98. The number of methoxy groups -OCH3 is 1. The molecule has 1 aliphatic rings. The number of benzene rings is 2. The van der Waals surface area contributed by atoms with Crippen molar-refractivity contribution in [3.8, 4) is 0 Å². The average Bonchev–Trinajstić information content (AvgIpc) is 2.77. The zero-order valence-electron chi connectivity index (χ0n) is 15.7. The highest BCUT2D eigenvalue weighted by Crippen LogP contribution is 2.28. The van der Waals surface area contributed by atoms with Crippen molar-refractivity contribution in [2.24, 2.45) is 0 Å². The molecular formula is C21H22O8. The van der Waals surface area contributed by atoms with Crippen LogP contribution in [-0.4, -0.2) is 66.6 Å². The third-order valence-corrected chi connectivity index (χ3v) is 4.54. The summed E-state index contributed by atoms with van der Waals surface area (Å²) in [5.74, 6) is -1.42. The molecule has 0 amide bonds. The maximum absolute atomic E-state index is 12.5. The van der Waals surface area contributed by atoms with E-state index in [1.807, 2.05) is 0 Å². The van der Waals surface area contributed by atoms with Crippen LogP contribution >= 0.6 is 0 Å². The second kappa shape index (κ2) is 9.62. The molecule has 0 bridgehead atoms. The number of carbonyl (C=O) groups excluding carboxylic acids is 2. The first-order valence-corrected chi connectivity index (χ1v) is 9.04. The molecule has 0 unspecified atom stereocenters. The van der Waals surface area contributed by atoms with Gasteiger partial charge in [0.2, 0.25) is 0 Å². The van der Waals surface area contributed by atoms with Gasteiger partial charge in [-0.05, 0) is 24.3 Å². The number of esters is 2. The maximum atomic E-state index is 12.5. The van der Waals surface area contributed by atoms with E-state index in [9.17, 15) is 19.8 Å². The van der Waals surface area contributed by atoms with E-state index in [4.69, 9.17) is 18.9 Å². The Bertz CT molecular complexity index is 810. The second-order valence-electron chi connectivity index (χ2n) is 6.42. The highest BCUT2D eigenvalue weighted by Gasteiger charge is 2.50. The Balaban J connectivity index is 1.85. The maximum Gasteiger partial charge on any atom is 0.338 e. The third-order valence-electron chi connectivity index (χ3n) is 4.54. The summed E-state index contributed by atoms with van der Waals surface area (Å²) in [5.41, 5.74) is 0.531. The Morgan fingerprint density at radius 3 is 1.83 bits per heavy atom. The molecule has 0 radical (unpaired) electrons. The van der Waals surface area contributed by atoms with Crippen molar-refractivity contribution in [1.29, 1.82) is 0 Å². The fraction of sp³-hybridized carbons (Fsp3) is 0.333. The van der Waals surface area contributed by atoms with E-state index in [1.165, 1.54) is 7.11 Å². The van der Waals surface area contributed by atoms with Gasteiger partial charge in [0.15, 0.2) is 18.5 Å². The first-order chi connectivity index (χ1) is 14.0. The fourth-order valence-electron chi connectivity index (χ4n) is 3.02. The Kier molecular flexibility index (Phi) is 6.95. The monoisotopic (exact) mass is 402 g/mol. The van der Waals surface area contributed by atoms with Crippen molar-refractivity contribution in [1.82, 2.24) is 0 Å². The standard InChI is InChI=1S/C21H22O8/c1-26-21-18(29-20(25)14-10-6-3-7-11-14)17(16(23)15(12-22)27-21)28-19(24)13-8-4-2-5-9-13/h2-11,15-18,21-23H,12H2,1H3/t15-,16-,17+,18-,21-/m1/s1. The van der Waals surface area contributed by atoms with Gasteiger partial charge in [-0.2, -0.15) is 0 Å². The van der Waals surface area contributed by atoms with E-state index in [0.29, 0.717) is 0 Å². The summed E-state index contributed by atoms with van der Waals surface area (Å²) in [5, 5.41) is 20.1. The van der Waals surface area contributed by atoms with Crippen LogP contribution in [0.5, 0.6) is 0 Å². The molecule has 3 rings (SSSR count). The fourth-order valence-corrected chi connectivity index (χ4v) is 3.02.